The monoisotopic (exact) mass is 506 g/mol. The maximum Gasteiger partial charge on any atom is 0.321 e. The Balaban J connectivity index is 2.09. The fourth-order valence-electron chi connectivity index (χ4n) is 5.45. The van der Waals surface area contributed by atoms with Gasteiger partial charge in [-0.15, -0.1) is 0 Å². The lowest BCUT2D eigenvalue weighted by atomic mass is 9.62. The van der Waals surface area contributed by atoms with Crippen molar-refractivity contribution in [3.05, 3.63) is 62.9 Å². The van der Waals surface area contributed by atoms with Crippen LogP contribution in [0.4, 0.5) is 10.1 Å². The van der Waals surface area contributed by atoms with E-state index in [1.807, 2.05) is 20.8 Å². The molecule has 0 aromatic heterocycles. The van der Waals surface area contributed by atoms with Crippen LogP contribution in [0.2, 0.25) is 10.0 Å². The zero-order valence-electron chi connectivity index (χ0n) is 19.1. The van der Waals surface area contributed by atoms with Gasteiger partial charge in [-0.25, -0.2) is 4.39 Å². The van der Waals surface area contributed by atoms with E-state index in [0.717, 1.165) is 0 Å². The van der Waals surface area contributed by atoms with Crippen molar-refractivity contribution in [2.45, 2.75) is 57.5 Å². The van der Waals surface area contributed by atoms with Crippen molar-refractivity contribution in [2.75, 3.05) is 5.32 Å². The van der Waals surface area contributed by atoms with Crippen LogP contribution in [0.1, 0.15) is 61.5 Å². The van der Waals surface area contributed by atoms with Crippen LogP contribution in [-0.4, -0.2) is 34.8 Å². The number of halogens is 3. The Hall–Kier alpha value is -2.48. The molecule has 1 unspecified atom stereocenters. The molecule has 0 radical (unpaired) electrons. The molecule has 180 valence electrons. The quantitative estimate of drug-likeness (QED) is 0.497. The smallest absolute Gasteiger partial charge is 0.321 e. The number of amides is 1. The van der Waals surface area contributed by atoms with Crippen molar-refractivity contribution in [1.82, 2.24) is 5.32 Å². The molecule has 1 spiro atoms. The molecule has 3 N–H and O–H groups in total. The number of Topliss-reactive ketones (excluding diaryl/α,β-unsaturated/α-hetero) is 1. The van der Waals surface area contributed by atoms with E-state index in [1.165, 1.54) is 37.3 Å². The Bertz CT molecular complexity index is 1230. The summed E-state index contributed by atoms with van der Waals surface area (Å²) in [6.07, 6.45) is 0.403. The molecule has 0 saturated carbocycles. The van der Waals surface area contributed by atoms with Crippen molar-refractivity contribution in [3.63, 3.8) is 0 Å². The lowest BCUT2D eigenvalue weighted by Crippen LogP contribution is -2.49. The molecule has 9 heteroatoms. The molecule has 4 atom stereocenters. The summed E-state index contributed by atoms with van der Waals surface area (Å²) in [7, 11) is 0. The van der Waals surface area contributed by atoms with Crippen LogP contribution in [0, 0.1) is 11.2 Å². The molecular weight excluding hydrogens is 482 g/mol. The Morgan fingerprint density at radius 1 is 1.18 bits per heavy atom. The van der Waals surface area contributed by atoms with Gasteiger partial charge >= 0.3 is 5.97 Å². The van der Waals surface area contributed by atoms with Gasteiger partial charge in [-0.05, 0) is 48.1 Å². The maximum absolute atomic E-state index is 15.4. The van der Waals surface area contributed by atoms with Crippen LogP contribution in [0.15, 0.2) is 30.3 Å². The largest absolute Gasteiger partial charge is 0.480 e. The molecule has 6 nitrogen and oxygen atoms in total. The number of carboxylic acid groups (broad SMARTS) is 1. The highest BCUT2D eigenvalue weighted by molar-refractivity contribution is 6.34. The number of aliphatic carboxylic acids is 1. The average Bonchev–Trinajstić information content (AvgIpc) is 3.18. The highest BCUT2D eigenvalue weighted by Gasteiger charge is 2.66. The van der Waals surface area contributed by atoms with Gasteiger partial charge in [0.05, 0.1) is 10.0 Å². The van der Waals surface area contributed by atoms with Gasteiger partial charge in [-0.2, -0.15) is 0 Å². The number of carboxylic acids is 1. The first-order valence-electron chi connectivity index (χ1n) is 10.9. The third kappa shape index (κ3) is 3.70. The summed E-state index contributed by atoms with van der Waals surface area (Å²) in [5.41, 5.74) is -0.817. The third-order valence-corrected chi connectivity index (χ3v) is 7.31. The number of anilines is 1. The van der Waals surface area contributed by atoms with Crippen molar-refractivity contribution in [3.8, 4) is 0 Å². The van der Waals surface area contributed by atoms with E-state index in [0.29, 0.717) is 17.7 Å². The van der Waals surface area contributed by atoms with Crippen LogP contribution in [0.25, 0.3) is 0 Å². The Morgan fingerprint density at radius 3 is 2.44 bits per heavy atom. The molecule has 2 heterocycles. The molecule has 0 bridgehead atoms. The first-order chi connectivity index (χ1) is 15.8. The minimum Gasteiger partial charge on any atom is -0.480 e. The fraction of sp³-hybridized carbons (Fsp3) is 0.400. The van der Waals surface area contributed by atoms with Crippen molar-refractivity contribution < 1.29 is 23.9 Å². The molecule has 1 saturated heterocycles. The second-order valence-corrected chi connectivity index (χ2v) is 11.0. The predicted molar refractivity (Wildman–Crippen MR) is 128 cm³/mol. The molecular formula is C25H25Cl2FN2O4. The second-order valence-electron chi connectivity index (χ2n) is 10.2. The summed E-state index contributed by atoms with van der Waals surface area (Å²) < 4.78 is 15.4. The molecule has 2 aliphatic heterocycles. The molecule has 2 aliphatic rings. The van der Waals surface area contributed by atoms with Gasteiger partial charge in [-0.1, -0.05) is 56.1 Å². The predicted octanol–water partition coefficient (Wildman–Crippen LogP) is 5.17. The van der Waals surface area contributed by atoms with Crippen molar-refractivity contribution in [2.24, 2.45) is 5.41 Å². The first-order valence-corrected chi connectivity index (χ1v) is 11.6. The van der Waals surface area contributed by atoms with E-state index in [1.54, 1.807) is 0 Å². The van der Waals surface area contributed by atoms with Crippen LogP contribution < -0.4 is 10.6 Å². The minimum absolute atomic E-state index is 0.0196. The van der Waals surface area contributed by atoms with Gasteiger partial charge in [0.1, 0.15) is 17.3 Å². The summed E-state index contributed by atoms with van der Waals surface area (Å²) in [5, 5.41) is 16.1. The van der Waals surface area contributed by atoms with Gasteiger partial charge in [-0.3, -0.25) is 19.7 Å². The molecule has 2 aromatic rings. The van der Waals surface area contributed by atoms with E-state index in [9.17, 15) is 19.5 Å². The molecule has 34 heavy (non-hydrogen) atoms. The van der Waals surface area contributed by atoms with E-state index in [-0.39, 0.29) is 32.4 Å². The van der Waals surface area contributed by atoms with Gasteiger partial charge in [0.25, 0.3) is 0 Å². The van der Waals surface area contributed by atoms with Crippen LogP contribution in [-0.2, 0) is 15.0 Å². The number of nitrogens with one attached hydrogen (secondary N) is 2. The van der Waals surface area contributed by atoms with Crippen LogP contribution in [0.3, 0.4) is 0 Å². The molecule has 4 rings (SSSR count). The van der Waals surface area contributed by atoms with E-state index < -0.39 is 41.1 Å². The number of hydrogen-bond donors (Lipinski definition) is 3. The summed E-state index contributed by atoms with van der Waals surface area (Å²) in [4.78, 5) is 38.6. The number of hydrogen-bond acceptors (Lipinski definition) is 4. The number of carbonyl (C=O) groups excluding carboxylic acids is 2. The highest BCUT2D eigenvalue weighted by Crippen LogP contribution is 2.57. The van der Waals surface area contributed by atoms with Gasteiger partial charge in [0, 0.05) is 23.2 Å². The standard InChI is InChI=1S/C25H25Cl2FN2O4/c1-11(31)13-8-14-17(9-16(13)27)29-23(34)25(14)18(10-24(2,3)4)30-21(22(32)33)19(25)12-6-5-7-15(26)20(12)28/h5-9,18-19,21,30H,10H2,1-4H3,(H,29,34)(H,32,33)/t18-,19+,21+,25?/m0/s1. The van der Waals surface area contributed by atoms with Crippen LogP contribution >= 0.6 is 23.2 Å². The topological polar surface area (TPSA) is 95.5 Å². The average molecular weight is 507 g/mol. The fourth-order valence-corrected chi connectivity index (χ4v) is 5.93. The Kier molecular flexibility index (Phi) is 6.03. The number of rotatable bonds is 4. The first kappa shape index (κ1) is 24.6. The zero-order chi connectivity index (χ0) is 25.2. The molecule has 1 fully saturated rings. The summed E-state index contributed by atoms with van der Waals surface area (Å²) in [5.74, 6) is -3.92. The van der Waals surface area contributed by atoms with Crippen molar-refractivity contribution >= 4 is 46.5 Å². The van der Waals surface area contributed by atoms with Crippen LogP contribution in [0.5, 0.6) is 0 Å². The highest BCUT2D eigenvalue weighted by atomic mass is 35.5. The van der Waals surface area contributed by atoms with Crippen molar-refractivity contribution in [1.29, 1.82) is 0 Å². The summed E-state index contributed by atoms with van der Waals surface area (Å²) >= 11 is 12.4. The molecule has 2 aromatic carbocycles. The third-order valence-electron chi connectivity index (χ3n) is 6.71. The number of ketones is 1. The Morgan fingerprint density at radius 2 is 1.85 bits per heavy atom. The lowest BCUT2D eigenvalue weighted by molar-refractivity contribution is -0.139. The Labute approximate surface area is 206 Å². The molecule has 0 aliphatic carbocycles. The van der Waals surface area contributed by atoms with E-state index >= 15 is 4.39 Å². The summed E-state index contributed by atoms with van der Waals surface area (Å²) in [6, 6.07) is 5.42. The van der Waals surface area contributed by atoms with Gasteiger partial charge in [0.2, 0.25) is 5.91 Å². The van der Waals surface area contributed by atoms with E-state index in [4.69, 9.17) is 23.2 Å². The molecule has 1 amide bonds. The zero-order valence-corrected chi connectivity index (χ0v) is 20.6. The second kappa shape index (κ2) is 8.33. The normalized spacial score (nSPS) is 26.0. The minimum atomic E-state index is -1.52. The SMILES string of the molecule is CC(=O)c1cc2c(cc1Cl)NC(=O)C21[C@H](CC(C)(C)C)N[C@@H](C(=O)O)[C@H]1c1cccc(Cl)c1F. The summed E-state index contributed by atoms with van der Waals surface area (Å²) in [6.45, 7) is 7.28. The number of carbonyl (C=O) groups is 3. The van der Waals surface area contributed by atoms with E-state index in [2.05, 4.69) is 10.6 Å². The number of fused-ring (bicyclic) bond motifs is 2. The lowest BCUT2D eigenvalue weighted by Gasteiger charge is -2.37. The maximum atomic E-state index is 15.4. The van der Waals surface area contributed by atoms with Gasteiger partial charge in [0.15, 0.2) is 5.78 Å². The van der Waals surface area contributed by atoms with Gasteiger partial charge < -0.3 is 10.4 Å². The number of benzene rings is 2.